The fourth-order valence-electron chi connectivity index (χ4n) is 1.17. The van der Waals surface area contributed by atoms with Crippen LogP contribution in [0.4, 0.5) is 0 Å². The molecule has 0 fully saturated rings. The van der Waals surface area contributed by atoms with Crippen LogP contribution >= 0.6 is 12.6 Å². The van der Waals surface area contributed by atoms with Crippen LogP contribution in [0.25, 0.3) is 0 Å². The van der Waals surface area contributed by atoms with E-state index in [0.29, 0.717) is 5.75 Å². The lowest BCUT2D eigenvalue weighted by Crippen LogP contribution is -2.39. The van der Waals surface area contributed by atoms with Crippen LogP contribution in [0.15, 0.2) is 12.2 Å². The highest BCUT2D eigenvalue weighted by Crippen LogP contribution is 2.03. The molecule has 2 unspecified atom stereocenters. The highest BCUT2D eigenvalue weighted by molar-refractivity contribution is 7.80. The predicted molar refractivity (Wildman–Crippen MR) is 102 cm³/mol. The smallest absolute Gasteiger partial charge is 0.325 e. The summed E-state index contributed by atoms with van der Waals surface area (Å²) in [5.74, 6) is -1.53. The van der Waals surface area contributed by atoms with Crippen molar-refractivity contribution in [2.45, 2.75) is 38.8 Å². The van der Waals surface area contributed by atoms with Gasteiger partial charge in [-0.3, -0.25) is 14.4 Å². The summed E-state index contributed by atoms with van der Waals surface area (Å²) >= 11 is 3.96. The van der Waals surface area contributed by atoms with E-state index in [4.69, 9.17) is 20.7 Å². The molecule has 0 radical (unpaired) electrons. The molecule has 0 aromatic heterocycles. The molecule has 0 aliphatic heterocycles. The maximum atomic E-state index is 11.6. The van der Waals surface area contributed by atoms with Crippen molar-refractivity contribution in [1.82, 2.24) is 5.32 Å². The summed E-state index contributed by atoms with van der Waals surface area (Å²) in [6.07, 6.45) is 3.27. The standard InChI is InChI=1S/C12H20N2O6S.C3H8.CH4O/c1-19-11(17)6-14-10(16)5-8(3-2-4-21)20-12(18)9(13)7-15;1-3-2;1-2/h2-3,8-9,15,21H,4-7,13H2,1H3,(H,14,16);3H2,1-2H3;2H,1H3/b3-2+;;. The topological polar surface area (TPSA) is 148 Å². The first kappa shape index (κ1) is 29.2. The fraction of sp³-hybridized carbons (Fsp3) is 0.688. The van der Waals surface area contributed by atoms with Crippen LogP contribution in [0, 0.1) is 0 Å². The van der Waals surface area contributed by atoms with Gasteiger partial charge in [0.2, 0.25) is 5.91 Å². The number of carbonyl (C=O) groups excluding carboxylic acids is 3. The Bertz CT molecular complexity index is 406. The largest absolute Gasteiger partial charge is 0.468 e. The summed E-state index contributed by atoms with van der Waals surface area (Å²) < 4.78 is 9.36. The Morgan fingerprint density at radius 2 is 1.81 bits per heavy atom. The molecule has 10 heteroatoms. The van der Waals surface area contributed by atoms with Gasteiger partial charge in [0.15, 0.2) is 0 Å². The molecule has 9 nitrogen and oxygen atoms in total. The van der Waals surface area contributed by atoms with E-state index in [0.717, 1.165) is 7.11 Å². The fourth-order valence-corrected chi connectivity index (χ4v) is 1.29. The summed E-state index contributed by atoms with van der Waals surface area (Å²) in [6, 6.07) is -1.17. The third kappa shape index (κ3) is 18.7. The van der Waals surface area contributed by atoms with E-state index < -0.39 is 36.6 Å². The molecule has 0 aliphatic carbocycles. The van der Waals surface area contributed by atoms with Gasteiger partial charge in [0.05, 0.1) is 20.1 Å². The lowest BCUT2D eigenvalue weighted by molar-refractivity contribution is -0.150. The molecule has 0 heterocycles. The van der Waals surface area contributed by atoms with Crippen molar-refractivity contribution in [3.63, 3.8) is 0 Å². The maximum Gasteiger partial charge on any atom is 0.325 e. The van der Waals surface area contributed by atoms with E-state index in [-0.39, 0.29) is 13.0 Å². The van der Waals surface area contributed by atoms with Gasteiger partial charge in [-0.2, -0.15) is 12.6 Å². The average molecular weight is 397 g/mol. The molecule has 5 N–H and O–H groups in total. The van der Waals surface area contributed by atoms with Crippen LogP contribution in [-0.2, 0) is 23.9 Å². The van der Waals surface area contributed by atoms with E-state index in [1.165, 1.54) is 19.6 Å². The highest BCUT2D eigenvalue weighted by Gasteiger charge is 2.20. The minimum atomic E-state index is -1.17. The summed E-state index contributed by atoms with van der Waals surface area (Å²) in [4.78, 5) is 34.0. The molecule has 0 aromatic rings. The summed E-state index contributed by atoms with van der Waals surface area (Å²) in [5, 5.41) is 18.1. The number of methoxy groups -OCH3 is 1. The Hall–Kier alpha value is -1.62. The maximum absolute atomic E-state index is 11.6. The second-order valence-corrected chi connectivity index (χ2v) is 5.00. The minimum absolute atomic E-state index is 0.189. The van der Waals surface area contributed by atoms with Crippen molar-refractivity contribution in [1.29, 1.82) is 0 Å². The first-order valence-electron chi connectivity index (χ1n) is 7.98. The number of carbonyl (C=O) groups is 3. The number of hydrogen-bond donors (Lipinski definition) is 5. The van der Waals surface area contributed by atoms with E-state index >= 15 is 0 Å². The number of nitrogens with two attached hydrogens (primary N) is 1. The average Bonchev–Trinajstić information content (AvgIpc) is 2.65. The number of amides is 1. The van der Waals surface area contributed by atoms with E-state index in [2.05, 4.69) is 36.5 Å². The molecule has 0 aliphatic rings. The monoisotopic (exact) mass is 396 g/mol. The molecule has 1 amide bonds. The predicted octanol–water partition coefficient (Wildman–Crippen LogP) is -0.592. The third-order valence-corrected chi connectivity index (χ3v) is 2.48. The Labute approximate surface area is 160 Å². The third-order valence-electron chi connectivity index (χ3n) is 2.27. The van der Waals surface area contributed by atoms with Crippen LogP contribution in [-0.4, -0.2) is 73.3 Å². The van der Waals surface area contributed by atoms with Crippen LogP contribution in [0.5, 0.6) is 0 Å². The normalized spacial score (nSPS) is 11.8. The summed E-state index contributed by atoms with van der Waals surface area (Å²) in [6.45, 7) is 3.42. The Morgan fingerprint density at radius 3 is 2.23 bits per heavy atom. The van der Waals surface area contributed by atoms with Gasteiger partial charge < -0.3 is 30.7 Å². The number of hydrogen-bond acceptors (Lipinski definition) is 9. The zero-order valence-corrected chi connectivity index (χ0v) is 16.7. The molecule has 0 bridgehead atoms. The highest BCUT2D eigenvalue weighted by atomic mass is 32.1. The van der Waals surface area contributed by atoms with Crippen LogP contribution in [0.1, 0.15) is 26.7 Å². The van der Waals surface area contributed by atoms with Crippen LogP contribution < -0.4 is 11.1 Å². The molecule has 0 rings (SSSR count). The van der Waals surface area contributed by atoms with E-state index in [1.807, 2.05) is 0 Å². The van der Waals surface area contributed by atoms with Crippen molar-refractivity contribution >= 4 is 30.5 Å². The van der Waals surface area contributed by atoms with Crippen molar-refractivity contribution in [2.75, 3.05) is 33.1 Å². The lowest BCUT2D eigenvalue weighted by atomic mass is 10.2. The summed E-state index contributed by atoms with van der Waals surface area (Å²) in [5.41, 5.74) is 5.32. The summed E-state index contributed by atoms with van der Waals surface area (Å²) in [7, 11) is 2.20. The van der Waals surface area contributed by atoms with Crippen LogP contribution in [0.2, 0.25) is 0 Å². The van der Waals surface area contributed by atoms with Gasteiger partial charge in [0.1, 0.15) is 18.7 Å². The first-order valence-corrected chi connectivity index (χ1v) is 8.61. The molecule has 2 atom stereocenters. The number of aliphatic hydroxyl groups is 2. The Morgan fingerprint density at radius 1 is 1.27 bits per heavy atom. The van der Waals surface area contributed by atoms with Crippen molar-refractivity contribution in [2.24, 2.45) is 5.73 Å². The zero-order chi connectivity index (χ0) is 21.0. The van der Waals surface area contributed by atoms with Gasteiger partial charge in [-0.05, 0) is 6.08 Å². The number of rotatable bonds is 9. The molecule has 0 spiro atoms. The van der Waals surface area contributed by atoms with Crippen molar-refractivity contribution in [3.8, 4) is 0 Å². The number of esters is 2. The zero-order valence-electron chi connectivity index (χ0n) is 15.8. The van der Waals surface area contributed by atoms with Gasteiger partial charge in [0.25, 0.3) is 0 Å². The van der Waals surface area contributed by atoms with E-state index in [9.17, 15) is 14.4 Å². The van der Waals surface area contributed by atoms with Gasteiger partial charge in [-0.1, -0.05) is 26.3 Å². The Balaban J connectivity index is -0.000000950. The SMILES string of the molecule is CCC.CO.COC(=O)CNC(=O)CC(/C=C/CS)OC(=O)C(N)CO. The number of ether oxygens (including phenoxy) is 2. The number of thiol groups is 1. The second-order valence-electron chi connectivity index (χ2n) is 4.64. The molecule has 154 valence electrons. The van der Waals surface area contributed by atoms with E-state index in [1.54, 1.807) is 6.08 Å². The molecular weight excluding hydrogens is 364 g/mol. The minimum Gasteiger partial charge on any atom is -0.468 e. The van der Waals surface area contributed by atoms with Gasteiger partial charge in [-0.15, -0.1) is 0 Å². The Kier molecular flexibility index (Phi) is 24.0. The molecule has 0 aromatic carbocycles. The lowest BCUT2D eigenvalue weighted by Gasteiger charge is -2.16. The quantitative estimate of drug-likeness (QED) is 0.197. The molecule has 0 saturated heterocycles. The first-order chi connectivity index (χ1) is 12.4. The number of nitrogens with one attached hydrogen (secondary N) is 1. The molecule has 0 saturated carbocycles. The van der Waals surface area contributed by atoms with Gasteiger partial charge in [-0.25, -0.2) is 0 Å². The van der Waals surface area contributed by atoms with Gasteiger partial charge >= 0.3 is 11.9 Å². The second kappa shape index (κ2) is 21.4. The molecule has 26 heavy (non-hydrogen) atoms. The van der Waals surface area contributed by atoms with Crippen LogP contribution in [0.3, 0.4) is 0 Å². The van der Waals surface area contributed by atoms with Gasteiger partial charge in [0, 0.05) is 12.9 Å². The van der Waals surface area contributed by atoms with Crippen molar-refractivity contribution in [3.05, 3.63) is 12.2 Å². The molecular formula is C16H32N2O7S. The van der Waals surface area contributed by atoms with Crippen molar-refractivity contribution < 1.29 is 34.1 Å². The number of aliphatic hydroxyl groups excluding tert-OH is 2.